The van der Waals surface area contributed by atoms with E-state index >= 15 is 0 Å². The zero-order valence-electron chi connectivity index (χ0n) is 9.89. The monoisotopic (exact) mass is 260 g/mol. The molecule has 0 aliphatic carbocycles. The first-order valence-electron chi connectivity index (χ1n) is 5.38. The van der Waals surface area contributed by atoms with Crippen LogP contribution in [-0.2, 0) is 0 Å². The standard InChI is InChI=1S/C13H13ClN4/c1-8(4-10(14)6-15)9-2-3-12-11(5-9)13(16)18-7-17-12/h2-7H,15H2,1H3,(H2,16,17,18)/b8-4+,10-6+. The summed E-state index contributed by atoms with van der Waals surface area (Å²) in [7, 11) is 0. The lowest BCUT2D eigenvalue weighted by Gasteiger charge is -2.05. The molecule has 2 aromatic rings. The molecule has 5 heteroatoms. The maximum absolute atomic E-state index is 5.87. The van der Waals surface area contributed by atoms with Crippen molar-refractivity contribution in [3.05, 3.63) is 47.4 Å². The van der Waals surface area contributed by atoms with Gasteiger partial charge in [-0.2, -0.15) is 0 Å². The van der Waals surface area contributed by atoms with Crippen LogP contribution in [0.2, 0.25) is 0 Å². The Morgan fingerprint density at radius 2 is 2.11 bits per heavy atom. The van der Waals surface area contributed by atoms with E-state index in [4.69, 9.17) is 23.1 Å². The summed E-state index contributed by atoms with van der Waals surface area (Å²) in [6.07, 6.45) is 4.60. The van der Waals surface area contributed by atoms with Crippen molar-refractivity contribution in [3.63, 3.8) is 0 Å². The fourth-order valence-corrected chi connectivity index (χ4v) is 1.82. The van der Waals surface area contributed by atoms with E-state index in [0.717, 1.165) is 22.0 Å². The van der Waals surface area contributed by atoms with E-state index in [1.54, 1.807) is 6.08 Å². The van der Waals surface area contributed by atoms with Crippen LogP contribution in [0.15, 0.2) is 41.8 Å². The van der Waals surface area contributed by atoms with Gasteiger partial charge in [-0.25, -0.2) is 9.97 Å². The van der Waals surface area contributed by atoms with Gasteiger partial charge in [0.05, 0.1) is 10.5 Å². The maximum atomic E-state index is 5.87. The Morgan fingerprint density at radius 3 is 2.83 bits per heavy atom. The third kappa shape index (κ3) is 2.43. The Labute approximate surface area is 110 Å². The van der Waals surface area contributed by atoms with Crippen LogP contribution in [0.1, 0.15) is 12.5 Å². The second kappa shape index (κ2) is 5.06. The number of hydrogen-bond acceptors (Lipinski definition) is 4. The SMILES string of the molecule is C/C(=C\C(Cl)=C/N)c1ccc2ncnc(N)c2c1. The highest BCUT2D eigenvalue weighted by atomic mass is 35.5. The molecule has 92 valence electrons. The summed E-state index contributed by atoms with van der Waals surface area (Å²) in [5.74, 6) is 0.468. The summed E-state index contributed by atoms with van der Waals surface area (Å²) >= 11 is 5.87. The molecule has 0 aliphatic heterocycles. The molecule has 0 spiro atoms. The number of halogens is 1. The minimum absolute atomic E-state index is 0.468. The summed E-state index contributed by atoms with van der Waals surface area (Å²) < 4.78 is 0. The van der Waals surface area contributed by atoms with Crippen LogP contribution in [0.3, 0.4) is 0 Å². The van der Waals surface area contributed by atoms with Crippen molar-refractivity contribution in [2.24, 2.45) is 5.73 Å². The van der Waals surface area contributed by atoms with Gasteiger partial charge in [-0.15, -0.1) is 0 Å². The van der Waals surface area contributed by atoms with Crippen LogP contribution in [-0.4, -0.2) is 9.97 Å². The van der Waals surface area contributed by atoms with Crippen molar-refractivity contribution in [1.29, 1.82) is 0 Å². The van der Waals surface area contributed by atoms with Crippen LogP contribution >= 0.6 is 11.6 Å². The number of benzene rings is 1. The van der Waals surface area contributed by atoms with E-state index in [2.05, 4.69) is 9.97 Å². The Morgan fingerprint density at radius 1 is 1.33 bits per heavy atom. The van der Waals surface area contributed by atoms with E-state index in [-0.39, 0.29) is 0 Å². The lowest BCUT2D eigenvalue weighted by atomic mass is 10.0. The third-order valence-electron chi connectivity index (χ3n) is 2.64. The molecule has 1 heterocycles. The van der Waals surface area contributed by atoms with Gasteiger partial charge in [-0.3, -0.25) is 0 Å². The highest BCUT2D eigenvalue weighted by molar-refractivity contribution is 6.31. The fourth-order valence-electron chi connectivity index (χ4n) is 1.66. The predicted molar refractivity (Wildman–Crippen MR) is 75.7 cm³/mol. The van der Waals surface area contributed by atoms with E-state index in [1.165, 1.54) is 12.5 Å². The zero-order valence-corrected chi connectivity index (χ0v) is 10.6. The molecule has 0 radical (unpaired) electrons. The topological polar surface area (TPSA) is 77.8 Å². The second-order valence-corrected chi connectivity index (χ2v) is 4.31. The molecule has 0 aliphatic rings. The molecular weight excluding hydrogens is 248 g/mol. The number of nitrogen functional groups attached to an aromatic ring is 1. The highest BCUT2D eigenvalue weighted by Crippen LogP contribution is 2.23. The van der Waals surface area contributed by atoms with Gasteiger partial charge in [-0.1, -0.05) is 17.7 Å². The molecule has 0 saturated carbocycles. The molecule has 4 nitrogen and oxygen atoms in total. The molecule has 1 aromatic heterocycles. The van der Waals surface area contributed by atoms with Gasteiger partial charge in [0.15, 0.2) is 0 Å². The molecule has 0 bridgehead atoms. The summed E-state index contributed by atoms with van der Waals surface area (Å²) in [6, 6.07) is 5.80. The lowest BCUT2D eigenvalue weighted by Crippen LogP contribution is -1.93. The minimum atomic E-state index is 0.468. The molecule has 0 amide bonds. The highest BCUT2D eigenvalue weighted by Gasteiger charge is 2.03. The molecule has 0 atom stereocenters. The Hall–Kier alpha value is -2.07. The van der Waals surface area contributed by atoms with Crippen LogP contribution in [0, 0.1) is 0 Å². The number of aromatic nitrogens is 2. The summed E-state index contributed by atoms with van der Waals surface area (Å²) in [5.41, 5.74) is 14.0. The number of allylic oxidation sites excluding steroid dienone is 3. The number of hydrogen-bond donors (Lipinski definition) is 2. The molecule has 4 N–H and O–H groups in total. The largest absolute Gasteiger partial charge is 0.403 e. The van der Waals surface area contributed by atoms with Crippen molar-refractivity contribution in [2.45, 2.75) is 6.92 Å². The molecule has 0 unspecified atom stereocenters. The first-order chi connectivity index (χ1) is 8.61. The molecule has 18 heavy (non-hydrogen) atoms. The Bertz CT molecular complexity index is 646. The Balaban J connectivity index is 2.54. The number of fused-ring (bicyclic) bond motifs is 1. The summed E-state index contributed by atoms with van der Waals surface area (Å²) in [4.78, 5) is 8.13. The van der Waals surface area contributed by atoms with Crippen LogP contribution < -0.4 is 11.5 Å². The van der Waals surface area contributed by atoms with E-state index in [1.807, 2.05) is 25.1 Å². The third-order valence-corrected chi connectivity index (χ3v) is 2.87. The Kier molecular flexibility index (Phi) is 3.48. The van der Waals surface area contributed by atoms with Gasteiger partial charge >= 0.3 is 0 Å². The number of anilines is 1. The molecular formula is C13H13ClN4. The van der Waals surface area contributed by atoms with Crippen molar-refractivity contribution < 1.29 is 0 Å². The fraction of sp³-hybridized carbons (Fsp3) is 0.0769. The van der Waals surface area contributed by atoms with Gasteiger partial charge in [0.1, 0.15) is 12.1 Å². The van der Waals surface area contributed by atoms with Gasteiger partial charge in [0.2, 0.25) is 0 Å². The van der Waals surface area contributed by atoms with Gasteiger partial charge in [0.25, 0.3) is 0 Å². The number of nitrogens with two attached hydrogens (primary N) is 2. The minimum Gasteiger partial charge on any atom is -0.403 e. The lowest BCUT2D eigenvalue weighted by molar-refractivity contribution is 1.23. The van der Waals surface area contributed by atoms with Crippen LogP contribution in [0.25, 0.3) is 16.5 Å². The van der Waals surface area contributed by atoms with E-state index in [0.29, 0.717) is 10.9 Å². The van der Waals surface area contributed by atoms with Crippen molar-refractivity contribution in [1.82, 2.24) is 9.97 Å². The van der Waals surface area contributed by atoms with Crippen molar-refractivity contribution in [2.75, 3.05) is 5.73 Å². The average molecular weight is 261 g/mol. The van der Waals surface area contributed by atoms with Crippen molar-refractivity contribution in [3.8, 4) is 0 Å². The first kappa shape index (κ1) is 12.4. The van der Waals surface area contributed by atoms with Crippen LogP contribution in [0.5, 0.6) is 0 Å². The second-order valence-electron chi connectivity index (χ2n) is 3.87. The average Bonchev–Trinajstić information content (AvgIpc) is 2.38. The van der Waals surface area contributed by atoms with Gasteiger partial charge in [-0.05, 0) is 36.3 Å². The predicted octanol–water partition coefficient (Wildman–Crippen LogP) is 2.65. The maximum Gasteiger partial charge on any atom is 0.134 e. The van der Waals surface area contributed by atoms with Crippen molar-refractivity contribution >= 4 is 33.9 Å². The quantitative estimate of drug-likeness (QED) is 0.814. The van der Waals surface area contributed by atoms with Gasteiger partial charge < -0.3 is 11.5 Å². The molecule has 2 rings (SSSR count). The molecule has 0 fully saturated rings. The first-order valence-corrected chi connectivity index (χ1v) is 5.76. The number of rotatable bonds is 2. The van der Waals surface area contributed by atoms with Crippen LogP contribution in [0.4, 0.5) is 5.82 Å². The van der Waals surface area contributed by atoms with E-state index in [9.17, 15) is 0 Å². The smallest absolute Gasteiger partial charge is 0.134 e. The molecule has 0 saturated heterocycles. The van der Waals surface area contributed by atoms with Gasteiger partial charge in [0, 0.05) is 11.6 Å². The molecule has 1 aromatic carbocycles. The normalized spacial score (nSPS) is 13.0. The zero-order chi connectivity index (χ0) is 13.1. The number of nitrogens with zero attached hydrogens (tertiary/aromatic N) is 2. The summed E-state index contributed by atoms with van der Waals surface area (Å²) in [5, 5.41) is 1.32. The van der Waals surface area contributed by atoms with E-state index < -0.39 is 0 Å². The summed E-state index contributed by atoms with van der Waals surface area (Å²) in [6.45, 7) is 1.95.